The molecule has 1 aromatic heterocycles. The van der Waals surface area contributed by atoms with Gasteiger partial charge < -0.3 is 14.6 Å². The van der Waals surface area contributed by atoms with Gasteiger partial charge in [0.25, 0.3) is 5.91 Å². The largest absolute Gasteiger partial charge is 0.497 e. The average Bonchev–Trinajstić information content (AvgIpc) is 3.38. The van der Waals surface area contributed by atoms with Crippen LogP contribution in [0.2, 0.25) is 0 Å². The van der Waals surface area contributed by atoms with Gasteiger partial charge in [-0.1, -0.05) is 41.6 Å². The van der Waals surface area contributed by atoms with Crippen LogP contribution in [0.1, 0.15) is 16.2 Å². The molecule has 4 aromatic rings. The van der Waals surface area contributed by atoms with E-state index in [4.69, 9.17) is 9.26 Å². The topological polar surface area (TPSA) is 97.6 Å². The van der Waals surface area contributed by atoms with Crippen molar-refractivity contribution in [3.63, 3.8) is 0 Å². The van der Waals surface area contributed by atoms with Gasteiger partial charge in [0.05, 0.1) is 19.3 Å². The molecule has 2 heterocycles. The van der Waals surface area contributed by atoms with E-state index < -0.39 is 0 Å². The molecule has 1 N–H and O–H groups in total. The highest BCUT2D eigenvalue weighted by Gasteiger charge is 2.30. The zero-order chi connectivity index (χ0) is 21.4. The Morgan fingerprint density at radius 2 is 1.94 bits per heavy atom. The predicted molar refractivity (Wildman–Crippen MR) is 114 cm³/mol. The molecule has 0 fully saturated rings. The van der Waals surface area contributed by atoms with Crippen molar-refractivity contribution in [1.29, 1.82) is 0 Å². The van der Waals surface area contributed by atoms with Gasteiger partial charge in [-0.25, -0.2) is 0 Å². The minimum atomic E-state index is -0.320. The molecule has 31 heavy (non-hydrogen) atoms. The third kappa shape index (κ3) is 3.38. The molecule has 8 heteroatoms. The van der Waals surface area contributed by atoms with Crippen LogP contribution in [0, 0.1) is 0 Å². The first-order chi connectivity index (χ1) is 15.1. The average molecular weight is 414 g/mol. The Bertz CT molecular complexity index is 1310. The van der Waals surface area contributed by atoms with Crippen molar-refractivity contribution in [2.45, 2.75) is 6.54 Å². The number of ether oxygens (including phenoxy) is 1. The summed E-state index contributed by atoms with van der Waals surface area (Å²) in [4.78, 5) is 31.1. The predicted octanol–water partition coefficient (Wildman–Crippen LogP) is 3.18. The zero-order valence-electron chi connectivity index (χ0n) is 16.7. The summed E-state index contributed by atoms with van der Waals surface area (Å²) in [5, 5.41) is 8.54. The number of methoxy groups -OCH3 is 1. The second kappa shape index (κ2) is 7.56. The minimum absolute atomic E-state index is 0.0645. The summed E-state index contributed by atoms with van der Waals surface area (Å²) in [6, 6.07) is 18.6. The maximum Gasteiger partial charge on any atom is 0.259 e. The third-order valence-electron chi connectivity index (χ3n) is 5.18. The molecule has 1 aliphatic rings. The Kier molecular flexibility index (Phi) is 4.59. The summed E-state index contributed by atoms with van der Waals surface area (Å²) in [7, 11) is 1.58. The molecule has 0 unspecified atom stereocenters. The van der Waals surface area contributed by atoms with Gasteiger partial charge in [-0.15, -0.1) is 0 Å². The molecular weight excluding hydrogens is 396 g/mol. The van der Waals surface area contributed by atoms with Gasteiger partial charge in [-0.05, 0) is 29.7 Å². The number of hydrogen-bond donors (Lipinski definition) is 1. The lowest BCUT2D eigenvalue weighted by Gasteiger charge is -2.16. The number of carbonyl (C=O) groups is 2. The Morgan fingerprint density at radius 3 is 2.77 bits per heavy atom. The molecule has 0 bridgehead atoms. The van der Waals surface area contributed by atoms with Crippen molar-refractivity contribution >= 4 is 28.3 Å². The van der Waals surface area contributed by atoms with E-state index in [1.807, 2.05) is 48.5 Å². The molecule has 0 atom stereocenters. The molecule has 5 rings (SSSR count). The molecule has 0 saturated carbocycles. The first-order valence-electron chi connectivity index (χ1n) is 9.71. The Labute approximate surface area is 177 Å². The number of carbonyl (C=O) groups excluding carboxylic acids is 2. The minimum Gasteiger partial charge on any atom is -0.497 e. The Morgan fingerprint density at radius 1 is 1.13 bits per heavy atom. The van der Waals surface area contributed by atoms with E-state index in [2.05, 4.69) is 15.5 Å². The first kappa shape index (κ1) is 18.8. The summed E-state index contributed by atoms with van der Waals surface area (Å²) in [6.45, 7) is -0.0293. The van der Waals surface area contributed by atoms with Crippen LogP contribution in [-0.4, -0.2) is 35.6 Å². The van der Waals surface area contributed by atoms with Gasteiger partial charge in [0.1, 0.15) is 12.3 Å². The van der Waals surface area contributed by atoms with Crippen molar-refractivity contribution in [3.8, 4) is 17.1 Å². The Balaban J connectivity index is 1.26. The monoisotopic (exact) mass is 414 g/mol. The fourth-order valence-electron chi connectivity index (χ4n) is 3.72. The highest BCUT2D eigenvalue weighted by Crippen LogP contribution is 2.36. The van der Waals surface area contributed by atoms with Crippen LogP contribution in [0.3, 0.4) is 0 Å². The number of amides is 2. The lowest BCUT2D eigenvalue weighted by molar-refractivity contribution is -0.120. The first-order valence-corrected chi connectivity index (χ1v) is 9.71. The molecule has 0 aliphatic carbocycles. The van der Waals surface area contributed by atoms with Gasteiger partial charge in [0.15, 0.2) is 0 Å². The SMILES string of the molecule is COc1cccc(-c2noc(CNC(=O)CN3C(=O)c4cccc5cccc3c45)n2)c1. The van der Waals surface area contributed by atoms with Gasteiger partial charge in [-0.3, -0.25) is 14.5 Å². The molecule has 0 radical (unpaired) electrons. The van der Waals surface area contributed by atoms with Gasteiger partial charge in [0.2, 0.25) is 17.6 Å². The molecule has 1 aliphatic heterocycles. The molecule has 2 amide bonds. The smallest absolute Gasteiger partial charge is 0.259 e. The number of hydrogen-bond acceptors (Lipinski definition) is 6. The van der Waals surface area contributed by atoms with Crippen molar-refractivity contribution in [3.05, 3.63) is 72.1 Å². The molecular formula is C23H18N4O4. The van der Waals surface area contributed by atoms with E-state index in [1.165, 1.54) is 4.90 Å². The van der Waals surface area contributed by atoms with Crippen LogP contribution in [0.4, 0.5) is 5.69 Å². The highest BCUT2D eigenvalue weighted by atomic mass is 16.5. The summed E-state index contributed by atoms with van der Waals surface area (Å²) < 4.78 is 10.4. The summed E-state index contributed by atoms with van der Waals surface area (Å²) in [6.07, 6.45) is 0. The van der Waals surface area contributed by atoms with Crippen molar-refractivity contribution < 1.29 is 18.8 Å². The van der Waals surface area contributed by atoms with Crippen molar-refractivity contribution in [1.82, 2.24) is 15.5 Å². The van der Waals surface area contributed by atoms with E-state index in [9.17, 15) is 9.59 Å². The van der Waals surface area contributed by atoms with E-state index in [0.717, 1.165) is 22.0 Å². The van der Waals surface area contributed by atoms with Crippen LogP contribution in [0.25, 0.3) is 22.2 Å². The quantitative estimate of drug-likeness (QED) is 0.520. The van der Waals surface area contributed by atoms with E-state index in [1.54, 1.807) is 19.2 Å². The molecule has 3 aromatic carbocycles. The Hall–Kier alpha value is -4.20. The number of nitrogens with one attached hydrogen (secondary N) is 1. The van der Waals surface area contributed by atoms with Crippen LogP contribution in [0.15, 0.2) is 65.2 Å². The normalized spacial score (nSPS) is 12.4. The van der Waals surface area contributed by atoms with E-state index in [0.29, 0.717) is 17.1 Å². The van der Waals surface area contributed by atoms with Gasteiger partial charge in [0, 0.05) is 16.5 Å². The summed E-state index contributed by atoms with van der Waals surface area (Å²) >= 11 is 0. The molecule has 154 valence electrons. The maximum absolute atomic E-state index is 12.8. The van der Waals surface area contributed by atoms with Gasteiger partial charge >= 0.3 is 0 Å². The molecule has 0 saturated heterocycles. The van der Waals surface area contributed by atoms with Crippen LogP contribution in [-0.2, 0) is 11.3 Å². The van der Waals surface area contributed by atoms with Crippen LogP contribution < -0.4 is 15.0 Å². The lowest BCUT2D eigenvalue weighted by Crippen LogP contribution is -2.38. The van der Waals surface area contributed by atoms with Crippen LogP contribution >= 0.6 is 0 Å². The summed E-state index contributed by atoms with van der Waals surface area (Å²) in [5.74, 6) is 0.854. The molecule has 8 nitrogen and oxygen atoms in total. The number of aromatic nitrogens is 2. The third-order valence-corrected chi connectivity index (χ3v) is 5.18. The number of benzene rings is 3. The standard InChI is InChI=1S/C23H18N4O4/c1-30-16-8-2-7-15(11-16)22-25-20(31-26-22)12-24-19(28)13-27-18-10-4-6-14-5-3-9-17(21(14)18)23(27)29/h2-11H,12-13H2,1H3,(H,24,28). The van der Waals surface area contributed by atoms with Gasteiger partial charge in [-0.2, -0.15) is 4.98 Å². The second-order valence-electron chi connectivity index (χ2n) is 7.09. The zero-order valence-corrected chi connectivity index (χ0v) is 16.7. The fraction of sp³-hybridized carbons (Fsp3) is 0.130. The highest BCUT2D eigenvalue weighted by molar-refractivity contribution is 6.26. The number of anilines is 1. The number of nitrogens with zero attached hydrogens (tertiary/aromatic N) is 3. The summed E-state index contributed by atoms with van der Waals surface area (Å²) in [5.41, 5.74) is 2.10. The fourth-order valence-corrected chi connectivity index (χ4v) is 3.72. The van der Waals surface area contributed by atoms with Crippen LogP contribution in [0.5, 0.6) is 5.75 Å². The second-order valence-corrected chi connectivity index (χ2v) is 7.09. The molecule has 0 spiro atoms. The van der Waals surface area contributed by atoms with Crippen molar-refractivity contribution in [2.24, 2.45) is 0 Å². The van der Waals surface area contributed by atoms with E-state index in [-0.39, 0.29) is 30.8 Å². The lowest BCUT2D eigenvalue weighted by atomic mass is 10.1. The van der Waals surface area contributed by atoms with E-state index >= 15 is 0 Å². The van der Waals surface area contributed by atoms with Crippen molar-refractivity contribution in [2.75, 3.05) is 18.6 Å². The number of rotatable bonds is 6. The maximum atomic E-state index is 12.8.